The lowest BCUT2D eigenvalue weighted by Crippen LogP contribution is -2.39. The third-order valence-electron chi connectivity index (χ3n) is 4.52. The summed E-state index contributed by atoms with van der Waals surface area (Å²) in [4.78, 5) is 14.7. The van der Waals surface area contributed by atoms with Crippen molar-refractivity contribution in [2.75, 3.05) is 26.8 Å². The number of methoxy groups -OCH3 is 1. The quantitative estimate of drug-likeness (QED) is 0.858. The SMILES string of the molecule is COCC1CCN(C(=O)c2cccc(-c3ccccc3)c2)CC1. The van der Waals surface area contributed by atoms with Crippen molar-refractivity contribution in [2.24, 2.45) is 5.92 Å². The minimum absolute atomic E-state index is 0.138. The van der Waals surface area contributed by atoms with Gasteiger partial charge >= 0.3 is 0 Å². The van der Waals surface area contributed by atoms with Gasteiger partial charge in [-0.2, -0.15) is 0 Å². The molecule has 1 amide bonds. The van der Waals surface area contributed by atoms with E-state index < -0.39 is 0 Å². The van der Waals surface area contributed by atoms with E-state index in [0.29, 0.717) is 5.92 Å². The van der Waals surface area contributed by atoms with Crippen LogP contribution >= 0.6 is 0 Å². The third kappa shape index (κ3) is 3.80. The molecule has 0 bridgehead atoms. The first-order valence-electron chi connectivity index (χ1n) is 8.21. The van der Waals surface area contributed by atoms with Crippen LogP contribution in [0.3, 0.4) is 0 Å². The normalized spacial score (nSPS) is 15.6. The smallest absolute Gasteiger partial charge is 0.253 e. The number of amides is 1. The van der Waals surface area contributed by atoms with Gasteiger partial charge < -0.3 is 9.64 Å². The maximum Gasteiger partial charge on any atom is 0.253 e. The number of likely N-dealkylation sites (tertiary alicyclic amines) is 1. The van der Waals surface area contributed by atoms with Gasteiger partial charge in [0, 0.05) is 32.4 Å². The summed E-state index contributed by atoms with van der Waals surface area (Å²) in [5.74, 6) is 0.721. The Balaban J connectivity index is 1.71. The molecule has 3 rings (SSSR count). The van der Waals surface area contributed by atoms with Gasteiger partial charge in [0.1, 0.15) is 0 Å². The van der Waals surface area contributed by atoms with Gasteiger partial charge in [-0.25, -0.2) is 0 Å². The number of carbonyl (C=O) groups is 1. The molecule has 0 unspecified atom stereocenters. The number of benzene rings is 2. The van der Waals surface area contributed by atoms with Crippen LogP contribution in [0.25, 0.3) is 11.1 Å². The fourth-order valence-corrected chi connectivity index (χ4v) is 3.18. The zero-order valence-corrected chi connectivity index (χ0v) is 13.6. The van der Waals surface area contributed by atoms with E-state index in [1.165, 1.54) is 0 Å². The Morgan fingerprint density at radius 1 is 1.04 bits per heavy atom. The van der Waals surface area contributed by atoms with Gasteiger partial charge in [0.25, 0.3) is 5.91 Å². The van der Waals surface area contributed by atoms with Crippen LogP contribution < -0.4 is 0 Å². The molecule has 0 radical (unpaired) electrons. The summed E-state index contributed by atoms with van der Waals surface area (Å²) in [6, 6.07) is 18.1. The standard InChI is InChI=1S/C20H23NO2/c1-23-15-16-10-12-21(13-11-16)20(22)19-9-5-8-18(14-19)17-6-3-2-4-7-17/h2-9,14,16H,10-13,15H2,1H3. The van der Waals surface area contributed by atoms with Crippen molar-refractivity contribution in [1.82, 2.24) is 4.90 Å². The fraction of sp³-hybridized carbons (Fsp3) is 0.350. The molecule has 0 spiro atoms. The molecule has 0 aromatic heterocycles. The molecule has 1 saturated heterocycles. The van der Waals surface area contributed by atoms with E-state index in [2.05, 4.69) is 18.2 Å². The molecule has 2 aromatic carbocycles. The van der Waals surface area contributed by atoms with Gasteiger partial charge in [-0.05, 0) is 42.0 Å². The summed E-state index contributed by atoms with van der Waals surface area (Å²) in [7, 11) is 1.74. The average Bonchev–Trinajstić information content (AvgIpc) is 2.63. The third-order valence-corrected chi connectivity index (χ3v) is 4.52. The van der Waals surface area contributed by atoms with Gasteiger partial charge in [0.2, 0.25) is 0 Å². The largest absolute Gasteiger partial charge is 0.384 e. The van der Waals surface area contributed by atoms with E-state index in [4.69, 9.17) is 4.74 Å². The van der Waals surface area contributed by atoms with E-state index in [1.807, 2.05) is 41.3 Å². The number of nitrogens with zero attached hydrogens (tertiary/aromatic N) is 1. The van der Waals surface area contributed by atoms with Crippen molar-refractivity contribution in [1.29, 1.82) is 0 Å². The Hall–Kier alpha value is -2.13. The zero-order chi connectivity index (χ0) is 16.1. The number of hydrogen-bond acceptors (Lipinski definition) is 2. The first kappa shape index (κ1) is 15.8. The zero-order valence-electron chi connectivity index (χ0n) is 13.6. The molecule has 0 saturated carbocycles. The summed E-state index contributed by atoms with van der Waals surface area (Å²) >= 11 is 0. The van der Waals surface area contributed by atoms with Crippen molar-refractivity contribution in [2.45, 2.75) is 12.8 Å². The topological polar surface area (TPSA) is 29.5 Å². The highest BCUT2D eigenvalue weighted by molar-refractivity contribution is 5.95. The maximum atomic E-state index is 12.7. The van der Waals surface area contributed by atoms with Crippen LogP contribution in [0.4, 0.5) is 0 Å². The first-order valence-corrected chi connectivity index (χ1v) is 8.21. The fourth-order valence-electron chi connectivity index (χ4n) is 3.18. The Bertz CT molecular complexity index is 646. The Kier molecular flexibility index (Phi) is 5.09. The Morgan fingerprint density at radius 3 is 2.43 bits per heavy atom. The molecular formula is C20H23NO2. The predicted octanol–water partition coefficient (Wildman–Crippen LogP) is 3.85. The van der Waals surface area contributed by atoms with Crippen molar-refractivity contribution in [3.05, 3.63) is 60.2 Å². The van der Waals surface area contributed by atoms with Gasteiger partial charge in [-0.3, -0.25) is 4.79 Å². The highest BCUT2D eigenvalue weighted by atomic mass is 16.5. The molecule has 1 fully saturated rings. The summed E-state index contributed by atoms with van der Waals surface area (Å²) in [6.07, 6.45) is 2.05. The lowest BCUT2D eigenvalue weighted by atomic mass is 9.96. The van der Waals surface area contributed by atoms with Crippen molar-refractivity contribution in [3.8, 4) is 11.1 Å². The van der Waals surface area contributed by atoms with Crippen LogP contribution in [0, 0.1) is 5.92 Å². The molecule has 120 valence electrons. The van der Waals surface area contributed by atoms with Gasteiger partial charge in [-0.15, -0.1) is 0 Å². The molecule has 3 heteroatoms. The second-order valence-corrected chi connectivity index (χ2v) is 6.14. The number of piperidine rings is 1. The molecule has 1 aliphatic heterocycles. The van der Waals surface area contributed by atoms with Crippen LogP contribution in [0.2, 0.25) is 0 Å². The maximum absolute atomic E-state index is 12.7. The van der Waals surface area contributed by atoms with Crippen molar-refractivity contribution < 1.29 is 9.53 Å². The second-order valence-electron chi connectivity index (χ2n) is 6.14. The Labute approximate surface area is 137 Å². The minimum Gasteiger partial charge on any atom is -0.384 e. The lowest BCUT2D eigenvalue weighted by Gasteiger charge is -2.31. The molecular weight excluding hydrogens is 286 g/mol. The molecule has 3 nitrogen and oxygen atoms in total. The molecule has 2 aromatic rings. The van der Waals surface area contributed by atoms with Crippen molar-refractivity contribution in [3.63, 3.8) is 0 Å². The number of carbonyl (C=O) groups excluding carboxylic acids is 1. The first-order chi connectivity index (χ1) is 11.3. The molecule has 23 heavy (non-hydrogen) atoms. The highest BCUT2D eigenvalue weighted by Gasteiger charge is 2.23. The number of ether oxygens (including phenoxy) is 1. The van der Waals surface area contributed by atoms with Gasteiger partial charge in [0.05, 0.1) is 0 Å². The average molecular weight is 309 g/mol. The van der Waals surface area contributed by atoms with Gasteiger partial charge in [0.15, 0.2) is 0 Å². The highest BCUT2D eigenvalue weighted by Crippen LogP contribution is 2.23. The molecule has 0 N–H and O–H groups in total. The van der Waals surface area contributed by atoms with E-state index in [0.717, 1.165) is 49.2 Å². The lowest BCUT2D eigenvalue weighted by molar-refractivity contribution is 0.0613. The predicted molar refractivity (Wildman–Crippen MR) is 92.4 cm³/mol. The monoisotopic (exact) mass is 309 g/mol. The molecule has 1 aliphatic rings. The van der Waals surface area contributed by atoms with E-state index in [-0.39, 0.29) is 5.91 Å². The van der Waals surface area contributed by atoms with Crippen LogP contribution in [0.5, 0.6) is 0 Å². The summed E-state index contributed by atoms with van der Waals surface area (Å²) < 4.78 is 5.22. The van der Waals surface area contributed by atoms with Crippen LogP contribution in [0.1, 0.15) is 23.2 Å². The summed E-state index contributed by atoms with van der Waals surface area (Å²) in [5, 5.41) is 0. The van der Waals surface area contributed by atoms with E-state index in [9.17, 15) is 4.79 Å². The van der Waals surface area contributed by atoms with Crippen molar-refractivity contribution >= 4 is 5.91 Å². The minimum atomic E-state index is 0.138. The van der Waals surface area contributed by atoms with Gasteiger partial charge in [-0.1, -0.05) is 42.5 Å². The number of hydrogen-bond donors (Lipinski definition) is 0. The molecule has 0 aliphatic carbocycles. The summed E-state index contributed by atoms with van der Waals surface area (Å²) in [5.41, 5.74) is 3.00. The molecule has 0 atom stereocenters. The van der Waals surface area contributed by atoms with Crippen LogP contribution in [-0.2, 0) is 4.74 Å². The summed E-state index contributed by atoms with van der Waals surface area (Å²) in [6.45, 7) is 2.44. The second kappa shape index (κ2) is 7.42. The number of rotatable bonds is 4. The van der Waals surface area contributed by atoms with Crippen LogP contribution in [-0.4, -0.2) is 37.6 Å². The Morgan fingerprint density at radius 2 is 1.74 bits per heavy atom. The van der Waals surface area contributed by atoms with Crippen LogP contribution in [0.15, 0.2) is 54.6 Å². The molecule has 1 heterocycles. The van der Waals surface area contributed by atoms with E-state index in [1.54, 1.807) is 7.11 Å². The van der Waals surface area contributed by atoms with E-state index >= 15 is 0 Å².